The fraction of sp³-hybridized carbons (Fsp3) is 0.950. The molecule has 0 heterocycles. The molecule has 4 aliphatic rings. The highest BCUT2D eigenvalue weighted by Gasteiger charge is 2.71. The second kappa shape index (κ2) is 4.98. The number of carbonyl (C=O) groups excluding carboxylic acids is 1. The molecule has 4 heteroatoms. The first-order chi connectivity index (χ1) is 11.2. The number of fused-ring (bicyclic) bond motifs is 3. The molecule has 0 aliphatic heterocycles. The number of hydrogen-bond donors (Lipinski definition) is 2. The summed E-state index contributed by atoms with van der Waals surface area (Å²) in [6.07, 6.45) is 9.48. The summed E-state index contributed by atoms with van der Waals surface area (Å²) in [6.45, 7) is 4.55. The van der Waals surface area contributed by atoms with Gasteiger partial charge in [-0.2, -0.15) is 0 Å². The number of alkyl halides is 1. The van der Waals surface area contributed by atoms with Crippen LogP contribution in [0.25, 0.3) is 0 Å². The molecule has 4 rings (SSSR count). The van der Waals surface area contributed by atoms with E-state index >= 15 is 0 Å². The van der Waals surface area contributed by atoms with Crippen molar-refractivity contribution in [2.24, 2.45) is 28.1 Å². The summed E-state index contributed by atoms with van der Waals surface area (Å²) >= 11 is 6.12. The molecular formula is C20H31ClO3. The summed E-state index contributed by atoms with van der Waals surface area (Å²) in [6, 6.07) is 0. The molecule has 136 valence electrons. The lowest BCUT2D eigenvalue weighted by molar-refractivity contribution is -0.171. The minimum absolute atomic E-state index is 0.00300. The van der Waals surface area contributed by atoms with Crippen LogP contribution in [0.3, 0.4) is 0 Å². The third kappa shape index (κ3) is 1.90. The van der Waals surface area contributed by atoms with E-state index < -0.39 is 11.2 Å². The van der Waals surface area contributed by atoms with Crippen molar-refractivity contribution in [1.82, 2.24) is 0 Å². The molecule has 0 radical (unpaired) electrons. The molecule has 0 aromatic heterocycles. The van der Waals surface area contributed by atoms with Gasteiger partial charge in [0.15, 0.2) is 0 Å². The first kappa shape index (κ1) is 17.3. The fourth-order valence-electron chi connectivity index (χ4n) is 7.97. The van der Waals surface area contributed by atoms with Gasteiger partial charge in [-0.25, -0.2) is 0 Å². The Hall–Kier alpha value is -0.120. The van der Waals surface area contributed by atoms with Gasteiger partial charge in [-0.1, -0.05) is 20.3 Å². The number of aliphatic hydroxyl groups is 2. The van der Waals surface area contributed by atoms with Gasteiger partial charge in [-0.05, 0) is 74.0 Å². The van der Waals surface area contributed by atoms with Crippen LogP contribution in [-0.2, 0) is 4.79 Å². The molecule has 4 saturated carbocycles. The molecule has 0 saturated heterocycles. The van der Waals surface area contributed by atoms with Crippen LogP contribution in [0.15, 0.2) is 0 Å². The SMILES string of the molecule is C[C@@]12CCC[C@@](C)(C=O)[C@H]1CC[C@]13C[C@](O)(CC[C@H]12)[C@](O)(CCl)C3. The zero-order valence-electron chi connectivity index (χ0n) is 15.0. The van der Waals surface area contributed by atoms with Crippen LogP contribution < -0.4 is 0 Å². The highest BCUT2D eigenvalue weighted by molar-refractivity contribution is 6.18. The molecule has 4 aliphatic carbocycles. The molecule has 1 spiro atoms. The average molecular weight is 355 g/mol. The number of rotatable bonds is 2. The molecule has 0 unspecified atom stereocenters. The Bertz CT molecular complexity index is 565. The van der Waals surface area contributed by atoms with Gasteiger partial charge >= 0.3 is 0 Å². The quantitative estimate of drug-likeness (QED) is 0.587. The van der Waals surface area contributed by atoms with Crippen molar-refractivity contribution < 1.29 is 15.0 Å². The predicted octanol–water partition coefficient (Wildman–Crippen LogP) is 3.68. The predicted molar refractivity (Wildman–Crippen MR) is 93.9 cm³/mol. The Balaban J connectivity index is 1.75. The van der Waals surface area contributed by atoms with Gasteiger partial charge in [0.1, 0.15) is 11.9 Å². The second-order valence-corrected chi connectivity index (χ2v) is 10.3. The zero-order valence-corrected chi connectivity index (χ0v) is 15.7. The van der Waals surface area contributed by atoms with E-state index in [0.717, 1.165) is 32.1 Å². The van der Waals surface area contributed by atoms with Crippen molar-refractivity contribution in [2.75, 3.05) is 5.88 Å². The van der Waals surface area contributed by atoms with Gasteiger partial charge in [0.25, 0.3) is 0 Å². The molecule has 4 fully saturated rings. The minimum Gasteiger partial charge on any atom is -0.387 e. The highest BCUT2D eigenvalue weighted by atomic mass is 35.5. The van der Waals surface area contributed by atoms with E-state index in [4.69, 9.17) is 11.6 Å². The van der Waals surface area contributed by atoms with E-state index in [-0.39, 0.29) is 22.1 Å². The smallest absolute Gasteiger partial charge is 0.126 e. The third-order valence-electron chi connectivity index (χ3n) is 8.98. The first-order valence-electron chi connectivity index (χ1n) is 9.64. The van der Waals surface area contributed by atoms with Crippen molar-refractivity contribution in [1.29, 1.82) is 0 Å². The van der Waals surface area contributed by atoms with Crippen molar-refractivity contribution >= 4 is 17.9 Å². The van der Waals surface area contributed by atoms with E-state index in [1.54, 1.807) is 0 Å². The number of aldehydes is 1. The minimum atomic E-state index is -1.14. The number of carbonyl (C=O) groups is 1. The molecule has 24 heavy (non-hydrogen) atoms. The Morgan fingerprint density at radius 1 is 1.04 bits per heavy atom. The summed E-state index contributed by atoms with van der Waals surface area (Å²) in [5.41, 5.74) is -2.22. The molecule has 0 aromatic rings. The summed E-state index contributed by atoms with van der Waals surface area (Å²) < 4.78 is 0. The van der Waals surface area contributed by atoms with Crippen LogP contribution >= 0.6 is 11.6 Å². The molecule has 7 atom stereocenters. The fourth-order valence-corrected chi connectivity index (χ4v) is 8.31. The topological polar surface area (TPSA) is 57.5 Å². The van der Waals surface area contributed by atoms with E-state index in [0.29, 0.717) is 31.1 Å². The van der Waals surface area contributed by atoms with Crippen molar-refractivity contribution in [3.05, 3.63) is 0 Å². The van der Waals surface area contributed by atoms with Gasteiger partial charge in [0, 0.05) is 5.41 Å². The van der Waals surface area contributed by atoms with Gasteiger partial charge < -0.3 is 15.0 Å². The Morgan fingerprint density at radius 3 is 2.42 bits per heavy atom. The van der Waals surface area contributed by atoms with E-state index in [2.05, 4.69) is 13.8 Å². The molecule has 0 amide bonds. The largest absolute Gasteiger partial charge is 0.387 e. The maximum atomic E-state index is 11.9. The average Bonchev–Trinajstić information content (AvgIpc) is 2.69. The molecule has 3 nitrogen and oxygen atoms in total. The zero-order chi connectivity index (χ0) is 17.4. The van der Waals surface area contributed by atoms with Crippen LogP contribution in [0.4, 0.5) is 0 Å². The normalized spacial score (nSPS) is 59.5. The second-order valence-electron chi connectivity index (χ2n) is 10.1. The van der Waals surface area contributed by atoms with Gasteiger partial charge in [0.2, 0.25) is 0 Å². The maximum absolute atomic E-state index is 11.9. The van der Waals surface area contributed by atoms with Crippen molar-refractivity contribution in [2.45, 2.75) is 82.8 Å². The van der Waals surface area contributed by atoms with Gasteiger partial charge in [-0.15, -0.1) is 11.6 Å². The molecular weight excluding hydrogens is 324 g/mol. The Morgan fingerprint density at radius 2 is 1.75 bits per heavy atom. The van der Waals surface area contributed by atoms with Crippen molar-refractivity contribution in [3.8, 4) is 0 Å². The monoisotopic (exact) mass is 354 g/mol. The van der Waals surface area contributed by atoms with Crippen LogP contribution in [0.1, 0.15) is 71.6 Å². The van der Waals surface area contributed by atoms with E-state index in [1.807, 2.05) is 0 Å². The summed E-state index contributed by atoms with van der Waals surface area (Å²) in [4.78, 5) is 11.9. The Kier molecular flexibility index (Phi) is 3.59. The molecule has 2 bridgehead atoms. The van der Waals surface area contributed by atoms with Crippen LogP contribution in [-0.4, -0.2) is 33.6 Å². The first-order valence-corrected chi connectivity index (χ1v) is 10.2. The third-order valence-corrected chi connectivity index (χ3v) is 9.42. The summed E-state index contributed by atoms with van der Waals surface area (Å²) in [7, 11) is 0. The standard InChI is InChI=1S/C20H31ClO3/c1-16(13-22)6-3-7-17(2)14(16)4-8-18-10-19(23,9-5-15(17)18)20(24,11-18)12-21/h13-15,23-24H,3-12H2,1-2H3/t14-,15+,16+,17-,18-,19-,20-/m1/s1. The lowest BCUT2D eigenvalue weighted by Gasteiger charge is -2.63. The van der Waals surface area contributed by atoms with E-state index in [9.17, 15) is 15.0 Å². The molecule has 0 aromatic carbocycles. The van der Waals surface area contributed by atoms with Gasteiger partial charge in [-0.3, -0.25) is 0 Å². The lowest BCUT2D eigenvalue weighted by atomic mass is 9.41. The number of hydrogen-bond acceptors (Lipinski definition) is 3. The lowest BCUT2D eigenvalue weighted by Crippen LogP contribution is -2.58. The van der Waals surface area contributed by atoms with Crippen LogP contribution in [0, 0.1) is 28.1 Å². The highest BCUT2D eigenvalue weighted by Crippen LogP contribution is 2.73. The Labute approximate surface area is 150 Å². The molecule has 2 N–H and O–H groups in total. The summed E-state index contributed by atoms with van der Waals surface area (Å²) in [5.74, 6) is 1.04. The van der Waals surface area contributed by atoms with Crippen LogP contribution in [0.5, 0.6) is 0 Å². The van der Waals surface area contributed by atoms with E-state index in [1.165, 1.54) is 12.7 Å². The van der Waals surface area contributed by atoms with Crippen LogP contribution in [0.2, 0.25) is 0 Å². The van der Waals surface area contributed by atoms with Gasteiger partial charge in [0.05, 0.1) is 11.5 Å². The number of halogens is 1. The summed E-state index contributed by atoms with van der Waals surface area (Å²) in [5, 5.41) is 22.2. The maximum Gasteiger partial charge on any atom is 0.126 e. The van der Waals surface area contributed by atoms with Crippen molar-refractivity contribution in [3.63, 3.8) is 0 Å².